The van der Waals surface area contributed by atoms with Crippen molar-refractivity contribution in [3.05, 3.63) is 41.9 Å². The normalized spacial score (nSPS) is 15.3. The molecule has 0 saturated heterocycles. The molecule has 0 spiro atoms. The number of nitrogens with zero attached hydrogens (tertiary/aromatic N) is 1. The van der Waals surface area contributed by atoms with Crippen molar-refractivity contribution in [1.29, 1.82) is 0 Å². The molecule has 1 aromatic heterocycles. The van der Waals surface area contributed by atoms with Gasteiger partial charge >= 0.3 is 0 Å². The van der Waals surface area contributed by atoms with Gasteiger partial charge in [0.05, 0.1) is 11.7 Å². The first-order chi connectivity index (χ1) is 11.5. The Bertz CT molecular complexity index is 714. The number of hydrogen-bond donors (Lipinski definition) is 2. The van der Waals surface area contributed by atoms with Crippen molar-refractivity contribution >= 4 is 30.7 Å². The molecule has 0 aliphatic heterocycles. The molecule has 3 rings (SSSR count). The molecule has 1 aromatic carbocycles. The minimum absolute atomic E-state index is 0. The molecule has 1 atom stereocenters. The number of halogens is 2. The number of aromatic nitrogens is 1. The summed E-state index contributed by atoms with van der Waals surface area (Å²) in [5.74, 6) is 1.84. The summed E-state index contributed by atoms with van der Waals surface area (Å²) in [5.41, 5.74) is 7.76. The van der Waals surface area contributed by atoms with Gasteiger partial charge in [0, 0.05) is 24.9 Å². The molecule has 1 heterocycles. The van der Waals surface area contributed by atoms with Crippen molar-refractivity contribution in [2.75, 3.05) is 6.54 Å². The van der Waals surface area contributed by atoms with Crippen LogP contribution in [0, 0.1) is 12.8 Å². The number of benzene rings is 1. The Kier molecular flexibility index (Phi) is 8.13. The lowest BCUT2D eigenvalue weighted by Gasteiger charge is -2.29. The van der Waals surface area contributed by atoms with Gasteiger partial charge in [-0.25, -0.2) is 4.98 Å². The van der Waals surface area contributed by atoms with Crippen molar-refractivity contribution in [1.82, 2.24) is 10.3 Å². The Hall–Kier alpha value is -1.56. The highest BCUT2D eigenvalue weighted by molar-refractivity contribution is 5.85. The maximum absolute atomic E-state index is 12.2. The van der Waals surface area contributed by atoms with Gasteiger partial charge in [-0.05, 0) is 32.6 Å². The van der Waals surface area contributed by atoms with E-state index in [0.717, 1.165) is 24.2 Å². The van der Waals surface area contributed by atoms with Crippen LogP contribution in [-0.2, 0) is 11.2 Å². The molecular formula is C19H27Cl2N3O2. The molecule has 5 nitrogen and oxygen atoms in total. The third-order valence-electron chi connectivity index (χ3n) is 4.78. The summed E-state index contributed by atoms with van der Waals surface area (Å²) < 4.78 is 5.76. The average Bonchev–Trinajstić information content (AvgIpc) is 3.33. The predicted octanol–water partition coefficient (Wildman–Crippen LogP) is 3.67. The van der Waals surface area contributed by atoms with Gasteiger partial charge in [0.2, 0.25) is 5.91 Å². The van der Waals surface area contributed by atoms with Gasteiger partial charge in [-0.2, -0.15) is 0 Å². The van der Waals surface area contributed by atoms with E-state index in [1.807, 2.05) is 38.1 Å². The number of amides is 1. The number of nitrogens with two attached hydrogens (primary N) is 1. The summed E-state index contributed by atoms with van der Waals surface area (Å²) in [6.45, 7) is 4.55. The molecule has 1 fully saturated rings. The SMILES string of the molecule is Cc1ccc(-c2cnc(CCC(=O)NC(C)(CN)C3CC3)o2)cc1.Cl.Cl. The maximum atomic E-state index is 12.2. The van der Waals surface area contributed by atoms with E-state index in [1.54, 1.807) is 6.20 Å². The van der Waals surface area contributed by atoms with Crippen molar-refractivity contribution in [3.8, 4) is 11.3 Å². The van der Waals surface area contributed by atoms with Gasteiger partial charge in [0.1, 0.15) is 0 Å². The summed E-state index contributed by atoms with van der Waals surface area (Å²) in [7, 11) is 0. The van der Waals surface area contributed by atoms with Crippen LogP contribution in [0.1, 0.15) is 37.6 Å². The molecule has 1 aliphatic carbocycles. The highest BCUT2D eigenvalue weighted by Crippen LogP contribution is 2.39. The third-order valence-corrected chi connectivity index (χ3v) is 4.78. The second-order valence-corrected chi connectivity index (χ2v) is 6.93. The lowest BCUT2D eigenvalue weighted by molar-refractivity contribution is -0.123. The molecule has 1 amide bonds. The number of nitrogens with one attached hydrogen (secondary N) is 1. The van der Waals surface area contributed by atoms with Crippen LogP contribution >= 0.6 is 24.8 Å². The maximum Gasteiger partial charge on any atom is 0.220 e. The van der Waals surface area contributed by atoms with Crippen LogP contribution in [0.5, 0.6) is 0 Å². The number of carbonyl (C=O) groups excluding carboxylic acids is 1. The molecule has 7 heteroatoms. The van der Waals surface area contributed by atoms with Gasteiger partial charge in [0.15, 0.2) is 11.7 Å². The van der Waals surface area contributed by atoms with E-state index < -0.39 is 0 Å². The van der Waals surface area contributed by atoms with Gasteiger partial charge < -0.3 is 15.5 Å². The Balaban J connectivity index is 0.00000169. The number of aryl methyl sites for hydroxylation is 2. The fraction of sp³-hybridized carbons (Fsp3) is 0.474. The highest BCUT2D eigenvalue weighted by Gasteiger charge is 2.41. The molecule has 1 unspecified atom stereocenters. The molecule has 144 valence electrons. The van der Waals surface area contributed by atoms with E-state index in [0.29, 0.717) is 31.2 Å². The number of oxazole rings is 1. The third kappa shape index (κ3) is 5.47. The van der Waals surface area contributed by atoms with E-state index in [4.69, 9.17) is 10.2 Å². The fourth-order valence-corrected chi connectivity index (χ4v) is 2.92. The van der Waals surface area contributed by atoms with Crippen LogP contribution in [0.4, 0.5) is 0 Å². The minimum Gasteiger partial charge on any atom is -0.441 e. The van der Waals surface area contributed by atoms with E-state index in [-0.39, 0.29) is 36.3 Å². The molecule has 3 N–H and O–H groups in total. The summed E-state index contributed by atoms with van der Waals surface area (Å²) in [4.78, 5) is 16.5. The van der Waals surface area contributed by atoms with Crippen LogP contribution < -0.4 is 11.1 Å². The molecule has 0 bridgehead atoms. The zero-order chi connectivity index (χ0) is 17.2. The molecule has 0 radical (unpaired) electrons. The van der Waals surface area contributed by atoms with Crippen molar-refractivity contribution in [3.63, 3.8) is 0 Å². The first-order valence-corrected chi connectivity index (χ1v) is 8.53. The topological polar surface area (TPSA) is 81.2 Å². The van der Waals surface area contributed by atoms with Gasteiger partial charge in [-0.1, -0.05) is 29.8 Å². The highest BCUT2D eigenvalue weighted by atomic mass is 35.5. The standard InChI is InChI=1S/C19H25N3O2.2ClH/c1-13-3-5-14(6-4-13)16-11-21-18(24-16)10-9-17(23)22-19(2,12-20)15-7-8-15;;/h3-6,11,15H,7-10,12,20H2,1-2H3,(H,22,23);2*1H. The fourth-order valence-electron chi connectivity index (χ4n) is 2.92. The van der Waals surface area contributed by atoms with Crippen LogP contribution in [0.3, 0.4) is 0 Å². The van der Waals surface area contributed by atoms with E-state index in [1.165, 1.54) is 5.56 Å². The van der Waals surface area contributed by atoms with Crippen LogP contribution in [0.15, 0.2) is 34.9 Å². The lowest BCUT2D eigenvalue weighted by Crippen LogP contribution is -2.53. The Morgan fingerprint density at radius 3 is 2.54 bits per heavy atom. The quantitative estimate of drug-likeness (QED) is 0.743. The van der Waals surface area contributed by atoms with E-state index in [9.17, 15) is 4.79 Å². The lowest BCUT2D eigenvalue weighted by atomic mass is 9.95. The van der Waals surface area contributed by atoms with E-state index in [2.05, 4.69) is 10.3 Å². The van der Waals surface area contributed by atoms with Gasteiger partial charge in [0.25, 0.3) is 0 Å². The zero-order valence-electron chi connectivity index (χ0n) is 15.2. The second-order valence-electron chi connectivity index (χ2n) is 6.93. The van der Waals surface area contributed by atoms with Gasteiger partial charge in [-0.3, -0.25) is 4.79 Å². The molecule has 2 aromatic rings. The van der Waals surface area contributed by atoms with Crippen LogP contribution in [0.2, 0.25) is 0 Å². The largest absolute Gasteiger partial charge is 0.441 e. The first kappa shape index (κ1) is 22.5. The summed E-state index contributed by atoms with van der Waals surface area (Å²) in [6, 6.07) is 8.09. The van der Waals surface area contributed by atoms with Crippen molar-refractivity contribution in [2.24, 2.45) is 11.7 Å². The predicted molar refractivity (Wildman–Crippen MR) is 108 cm³/mol. The summed E-state index contributed by atoms with van der Waals surface area (Å²) in [5, 5.41) is 3.09. The van der Waals surface area contributed by atoms with Gasteiger partial charge in [-0.15, -0.1) is 24.8 Å². The number of rotatable bonds is 7. The number of hydrogen-bond acceptors (Lipinski definition) is 4. The van der Waals surface area contributed by atoms with E-state index >= 15 is 0 Å². The summed E-state index contributed by atoms with van der Waals surface area (Å²) in [6.07, 6.45) is 4.85. The number of carbonyl (C=O) groups is 1. The Morgan fingerprint density at radius 2 is 1.96 bits per heavy atom. The first-order valence-electron chi connectivity index (χ1n) is 8.53. The zero-order valence-corrected chi connectivity index (χ0v) is 16.8. The Morgan fingerprint density at radius 1 is 1.31 bits per heavy atom. The van der Waals surface area contributed by atoms with Crippen molar-refractivity contribution < 1.29 is 9.21 Å². The smallest absolute Gasteiger partial charge is 0.220 e. The molecule has 1 aliphatic rings. The Labute approximate surface area is 167 Å². The van der Waals surface area contributed by atoms with Crippen LogP contribution in [0.25, 0.3) is 11.3 Å². The summed E-state index contributed by atoms with van der Waals surface area (Å²) >= 11 is 0. The monoisotopic (exact) mass is 399 g/mol. The average molecular weight is 400 g/mol. The second kappa shape index (κ2) is 9.40. The minimum atomic E-state index is -0.277. The van der Waals surface area contributed by atoms with Crippen molar-refractivity contribution in [2.45, 2.75) is 45.1 Å². The molecule has 26 heavy (non-hydrogen) atoms. The molecule has 1 saturated carbocycles. The molecular weight excluding hydrogens is 373 g/mol. The van der Waals surface area contributed by atoms with Crippen LogP contribution in [-0.4, -0.2) is 23.0 Å².